The van der Waals surface area contributed by atoms with Gasteiger partial charge in [0, 0.05) is 11.6 Å². The summed E-state index contributed by atoms with van der Waals surface area (Å²) in [7, 11) is 0. The van der Waals surface area contributed by atoms with Crippen molar-refractivity contribution in [3.63, 3.8) is 0 Å². The summed E-state index contributed by atoms with van der Waals surface area (Å²) in [6.07, 6.45) is 3.44. The van der Waals surface area contributed by atoms with Crippen molar-refractivity contribution >= 4 is 22.7 Å². The molecule has 72 valence electrons. The van der Waals surface area contributed by atoms with E-state index in [0.29, 0.717) is 15.8 Å². The van der Waals surface area contributed by atoms with E-state index < -0.39 is 0 Å². The van der Waals surface area contributed by atoms with Gasteiger partial charge in [-0.3, -0.25) is 4.79 Å². The average Bonchev–Trinajstić information content (AvgIpc) is 2.18. The molecule has 0 fully saturated rings. The van der Waals surface area contributed by atoms with Gasteiger partial charge in [0.1, 0.15) is 5.82 Å². The van der Waals surface area contributed by atoms with Gasteiger partial charge >= 0.3 is 0 Å². The molecule has 1 aromatic carbocycles. The van der Waals surface area contributed by atoms with Gasteiger partial charge in [0.15, 0.2) is 0 Å². The van der Waals surface area contributed by atoms with Crippen LogP contribution < -0.4 is 5.43 Å². The first-order valence-electron chi connectivity index (χ1n) is 4.07. The maximum absolute atomic E-state index is 12.8. The third-order valence-corrected chi connectivity index (χ3v) is 2.77. The van der Waals surface area contributed by atoms with Gasteiger partial charge in [-0.2, -0.15) is 0 Å². The van der Waals surface area contributed by atoms with E-state index in [1.165, 1.54) is 30.0 Å². The molecule has 0 bridgehead atoms. The van der Waals surface area contributed by atoms with Crippen molar-refractivity contribution < 1.29 is 4.39 Å². The Bertz CT molecular complexity index is 535. The predicted octanol–water partition coefficient (Wildman–Crippen LogP) is 2.39. The lowest BCUT2D eigenvalue weighted by Gasteiger charge is -2.00. The summed E-state index contributed by atoms with van der Waals surface area (Å²) >= 11 is 1.38. The van der Waals surface area contributed by atoms with Crippen LogP contribution in [-0.2, 0) is 0 Å². The monoisotopic (exact) mass is 209 g/mol. The van der Waals surface area contributed by atoms with Crippen molar-refractivity contribution in [3.05, 3.63) is 40.4 Å². The Morgan fingerprint density at radius 2 is 2.21 bits per heavy atom. The van der Waals surface area contributed by atoms with Crippen LogP contribution in [0.15, 0.2) is 34.1 Å². The van der Waals surface area contributed by atoms with E-state index >= 15 is 0 Å². The molecule has 0 amide bonds. The maximum atomic E-state index is 12.8. The molecule has 2 rings (SSSR count). The minimum Gasteiger partial charge on any atom is -0.360 e. The Balaban J connectivity index is 2.84. The largest absolute Gasteiger partial charge is 0.360 e. The van der Waals surface area contributed by atoms with Crippen molar-refractivity contribution in [2.75, 3.05) is 6.26 Å². The number of hydrogen-bond donors (Lipinski definition) is 1. The van der Waals surface area contributed by atoms with Gasteiger partial charge in [0.2, 0.25) is 5.43 Å². The number of thioether (sulfide) groups is 1. The molecule has 0 radical (unpaired) electrons. The number of benzene rings is 1. The first-order valence-corrected chi connectivity index (χ1v) is 5.30. The van der Waals surface area contributed by atoms with Gasteiger partial charge in [-0.1, -0.05) is 0 Å². The van der Waals surface area contributed by atoms with Crippen LogP contribution in [0.25, 0.3) is 10.9 Å². The number of halogens is 1. The van der Waals surface area contributed by atoms with Gasteiger partial charge in [-0.05, 0) is 24.5 Å². The van der Waals surface area contributed by atoms with Crippen molar-refractivity contribution in [3.8, 4) is 0 Å². The summed E-state index contributed by atoms with van der Waals surface area (Å²) in [5, 5.41) is 0.526. The number of pyridine rings is 1. The van der Waals surface area contributed by atoms with Crippen LogP contribution in [0.4, 0.5) is 4.39 Å². The molecule has 1 heterocycles. The Labute approximate surface area is 84.1 Å². The molecule has 4 heteroatoms. The van der Waals surface area contributed by atoms with Gasteiger partial charge in [0.05, 0.1) is 10.4 Å². The molecule has 0 spiro atoms. The molecular formula is C10H8FNOS. The van der Waals surface area contributed by atoms with Crippen LogP contribution in [-0.4, -0.2) is 11.2 Å². The highest BCUT2D eigenvalue weighted by Crippen LogP contribution is 2.14. The van der Waals surface area contributed by atoms with Crippen LogP contribution in [0.2, 0.25) is 0 Å². The number of H-pyrrole nitrogens is 1. The maximum Gasteiger partial charge on any atom is 0.202 e. The SMILES string of the molecule is CSc1c[nH]c2cc(F)ccc2c1=O. The Kier molecular flexibility index (Phi) is 2.29. The van der Waals surface area contributed by atoms with E-state index in [2.05, 4.69) is 4.98 Å². The zero-order valence-corrected chi connectivity index (χ0v) is 8.32. The molecule has 2 nitrogen and oxygen atoms in total. The van der Waals surface area contributed by atoms with Crippen LogP contribution in [0.5, 0.6) is 0 Å². The standard InChI is InChI=1S/C10H8FNOS/c1-14-9-5-12-8-4-6(11)2-3-7(8)10(9)13/h2-5H,1H3,(H,12,13). The molecule has 14 heavy (non-hydrogen) atoms. The summed E-state index contributed by atoms with van der Waals surface area (Å²) in [4.78, 5) is 15.2. The van der Waals surface area contributed by atoms with Crippen molar-refractivity contribution in [1.82, 2.24) is 4.98 Å². The van der Waals surface area contributed by atoms with Crippen molar-refractivity contribution in [2.24, 2.45) is 0 Å². The molecule has 1 N–H and O–H groups in total. The molecular weight excluding hydrogens is 201 g/mol. The minimum atomic E-state index is -0.343. The molecule has 0 aliphatic rings. The lowest BCUT2D eigenvalue weighted by Crippen LogP contribution is -2.05. The molecule has 0 saturated carbocycles. The second kappa shape index (κ2) is 3.46. The van der Waals surface area contributed by atoms with E-state index in [1.54, 1.807) is 6.20 Å². The topological polar surface area (TPSA) is 32.9 Å². The fraction of sp³-hybridized carbons (Fsp3) is 0.100. The average molecular weight is 209 g/mol. The summed E-state index contributed by atoms with van der Waals surface area (Å²) < 4.78 is 12.8. The molecule has 2 aromatic rings. The summed E-state index contributed by atoms with van der Waals surface area (Å²) in [5.41, 5.74) is 0.485. The normalized spacial score (nSPS) is 10.7. The second-order valence-corrected chi connectivity index (χ2v) is 3.72. The van der Waals surface area contributed by atoms with Gasteiger partial charge in [-0.15, -0.1) is 11.8 Å². The minimum absolute atomic E-state index is 0.0498. The Morgan fingerprint density at radius 1 is 1.43 bits per heavy atom. The summed E-state index contributed by atoms with van der Waals surface area (Å²) in [6.45, 7) is 0. The lowest BCUT2D eigenvalue weighted by atomic mass is 10.2. The fourth-order valence-corrected chi connectivity index (χ4v) is 1.80. The molecule has 1 aromatic heterocycles. The number of rotatable bonds is 1. The van der Waals surface area contributed by atoms with Crippen LogP contribution >= 0.6 is 11.8 Å². The highest BCUT2D eigenvalue weighted by molar-refractivity contribution is 7.98. The first kappa shape index (κ1) is 9.27. The summed E-state index contributed by atoms with van der Waals surface area (Å²) in [5.74, 6) is -0.343. The molecule has 0 aliphatic heterocycles. The van der Waals surface area contributed by atoms with Crippen LogP contribution in [0.1, 0.15) is 0 Å². The van der Waals surface area contributed by atoms with Gasteiger partial charge in [-0.25, -0.2) is 4.39 Å². The molecule has 0 saturated heterocycles. The zero-order chi connectivity index (χ0) is 10.1. The van der Waals surface area contributed by atoms with E-state index in [0.717, 1.165) is 0 Å². The number of fused-ring (bicyclic) bond motifs is 1. The van der Waals surface area contributed by atoms with Crippen molar-refractivity contribution in [1.29, 1.82) is 0 Å². The Hall–Kier alpha value is -1.29. The highest BCUT2D eigenvalue weighted by atomic mass is 32.2. The number of aromatic amines is 1. The first-order chi connectivity index (χ1) is 6.72. The number of hydrogen-bond acceptors (Lipinski definition) is 2. The lowest BCUT2D eigenvalue weighted by molar-refractivity contribution is 0.629. The third-order valence-electron chi connectivity index (χ3n) is 2.03. The summed E-state index contributed by atoms with van der Waals surface area (Å²) in [6, 6.07) is 4.12. The molecule has 0 unspecified atom stereocenters. The third kappa shape index (κ3) is 1.42. The van der Waals surface area contributed by atoms with Crippen molar-refractivity contribution in [2.45, 2.75) is 4.90 Å². The predicted molar refractivity (Wildman–Crippen MR) is 56.3 cm³/mol. The van der Waals surface area contributed by atoms with E-state index in [1.807, 2.05) is 6.26 Å². The van der Waals surface area contributed by atoms with E-state index in [-0.39, 0.29) is 11.2 Å². The highest BCUT2D eigenvalue weighted by Gasteiger charge is 2.04. The van der Waals surface area contributed by atoms with E-state index in [9.17, 15) is 9.18 Å². The smallest absolute Gasteiger partial charge is 0.202 e. The van der Waals surface area contributed by atoms with Crippen LogP contribution in [0.3, 0.4) is 0 Å². The number of nitrogens with one attached hydrogen (secondary N) is 1. The van der Waals surface area contributed by atoms with Gasteiger partial charge < -0.3 is 4.98 Å². The molecule has 0 aliphatic carbocycles. The zero-order valence-electron chi connectivity index (χ0n) is 7.50. The van der Waals surface area contributed by atoms with Gasteiger partial charge in [0.25, 0.3) is 0 Å². The molecule has 0 atom stereocenters. The Morgan fingerprint density at radius 3 is 2.93 bits per heavy atom. The fourth-order valence-electron chi connectivity index (χ4n) is 1.33. The van der Waals surface area contributed by atoms with E-state index in [4.69, 9.17) is 0 Å². The van der Waals surface area contributed by atoms with Crippen LogP contribution in [0, 0.1) is 5.82 Å². The quantitative estimate of drug-likeness (QED) is 0.731. The second-order valence-electron chi connectivity index (χ2n) is 2.88. The number of aromatic nitrogens is 1.